The molecule has 0 aliphatic heterocycles. The molecule has 1 amide bonds. The number of aromatic nitrogens is 1. The number of nitrogens with zero attached hydrogens (tertiary/aromatic N) is 2. The number of hydrogen-bond donors (Lipinski definition) is 1. The summed E-state index contributed by atoms with van der Waals surface area (Å²) in [7, 11) is 3.57. The summed E-state index contributed by atoms with van der Waals surface area (Å²) in [6.45, 7) is 3.66. The van der Waals surface area contributed by atoms with Crippen molar-refractivity contribution >= 4 is 17.2 Å². The SMILES string of the molecule is Cc1csc(CNCCCC(=O)N(C)C)n1. The van der Waals surface area contributed by atoms with Gasteiger partial charge in [-0.3, -0.25) is 4.79 Å². The number of rotatable bonds is 6. The maximum absolute atomic E-state index is 11.3. The van der Waals surface area contributed by atoms with Crippen molar-refractivity contribution in [3.05, 3.63) is 16.1 Å². The van der Waals surface area contributed by atoms with Gasteiger partial charge in [-0.2, -0.15) is 0 Å². The largest absolute Gasteiger partial charge is 0.349 e. The second-order valence-electron chi connectivity index (χ2n) is 3.95. The fourth-order valence-electron chi connectivity index (χ4n) is 1.27. The van der Waals surface area contributed by atoms with Crippen LogP contribution in [0.25, 0.3) is 0 Å². The van der Waals surface area contributed by atoms with Gasteiger partial charge in [-0.15, -0.1) is 11.3 Å². The van der Waals surface area contributed by atoms with Crippen molar-refractivity contribution in [2.75, 3.05) is 20.6 Å². The summed E-state index contributed by atoms with van der Waals surface area (Å²) in [5, 5.41) is 6.44. The highest BCUT2D eigenvalue weighted by atomic mass is 32.1. The van der Waals surface area contributed by atoms with Crippen LogP contribution in [0.2, 0.25) is 0 Å². The lowest BCUT2D eigenvalue weighted by Gasteiger charge is -2.09. The first-order valence-electron chi connectivity index (χ1n) is 5.41. The van der Waals surface area contributed by atoms with E-state index < -0.39 is 0 Å². The molecule has 1 heterocycles. The molecule has 0 aliphatic rings. The standard InChI is InChI=1S/C11H19N3OS/c1-9-8-16-10(13-9)7-12-6-4-5-11(15)14(2)3/h8,12H,4-7H2,1-3H3. The number of hydrogen-bond acceptors (Lipinski definition) is 4. The molecule has 0 saturated heterocycles. The molecule has 0 spiro atoms. The highest BCUT2D eigenvalue weighted by molar-refractivity contribution is 7.09. The van der Waals surface area contributed by atoms with E-state index in [0.29, 0.717) is 6.42 Å². The molecule has 5 heteroatoms. The van der Waals surface area contributed by atoms with Gasteiger partial charge in [-0.05, 0) is 19.9 Å². The molecule has 0 atom stereocenters. The van der Waals surface area contributed by atoms with E-state index in [2.05, 4.69) is 10.3 Å². The fraction of sp³-hybridized carbons (Fsp3) is 0.636. The lowest BCUT2D eigenvalue weighted by molar-refractivity contribution is -0.128. The van der Waals surface area contributed by atoms with Crippen LogP contribution >= 0.6 is 11.3 Å². The van der Waals surface area contributed by atoms with Gasteiger partial charge in [-0.25, -0.2) is 4.98 Å². The molecule has 0 radical (unpaired) electrons. The van der Waals surface area contributed by atoms with Crippen molar-refractivity contribution < 1.29 is 4.79 Å². The topological polar surface area (TPSA) is 45.2 Å². The maximum Gasteiger partial charge on any atom is 0.222 e. The fourth-order valence-corrected chi connectivity index (χ4v) is 2.01. The summed E-state index contributed by atoms with van der Waals surface area (Å²) in [6.07, 6.45) is 1.48. The van der Waals surface area contributed by atoms with Crippen LogP contribution in [0.4, 0.5) is 0 Å². The number of amides is 1. The van der Waals surface area contributed by atoms with E-state index in [1.165, 1.54) is 0 Å². The average molecular weight is 241 g/mol. The molecule has 0 fully saturated rings. The van der Waals surface area contributed by atoms with Crippen LogP contribution in [0, 0.1) is 6.92 Å². The van der Waals surface area contributed by atoms with Crippen molar-refractivity contribution in [3.8, 4) is 0 Å². The zero-order chi connectivity index (χ0) is 12.0. The molecular formula is C11H19N3OS. The van der Waals surface area contributed by atoms with Crippen molar-refractivity contribution in [2.45, 2.75) is 26.3 Å². The minimum absolute atomic E-state index is 0.187. The number of carbonyl (C=O) groups is 1. The van der Waals surface area contributed by atoms with Gasteiger partial charge >= 0.3 is 0 Å². The summed E-state index contributed by atoms with van der Waals surface area (Å²) in [4.78, 5) is 17.2. The number of carbonyl (C=O) groups excluding carboxylic acids is 1. The number of thiazole rings is 1. The van der Waals surface area contributed by atoms with Gasteiger partial charge in [0.15, 0.2) is 0 Å². The normalized spacial score (nSPS) is 10.4. The second-order valence-corrected chi connectivity index (χ2v) is 4.89. The van der Waals surface area contributed by atoms with Crippen molar-refractivity contribution in [2.24, 2.45) is 0 Å². The second kappa shape index (κ2) is 6.60. The highest BCUT2D eigenvalue weighted by Crippen LogP contribution is 2.07. The van der Waals surface area contributed by atoms with E-state index in [4.69, 9.17) is 0 Å². The lowest BCUT2D eigenvalue weighted by Crippen LogP contribution is -2.23. The predicted molar refractivity (Wildman–Crippen MR) is 66.5 cm³/mol. The van der Waals surface area contributed by atoms with E-state index >= 15 is 0 Å². The van der Waals surface area contributed by atoms with Crippen molar-refractivity contribution in [1.82, 2.24) is 15.2 Å². The molecule has 0 aromatic carbocycles. The molecule has 0 bridgehead atoms. The Morgan fingerprint density at radius 1 is 1.56 bits per heavy atom. The van der Waals surface area contributed by atoms with E-state index in [-0.39, 0.29) is 5.91 Å². The molecule has 4 nitrogen and oxygen atoms in total. The highest BCUT2D eigenvalue weighted by Gasteiger charge is 2.03. The third-order valence-corrected chi connectivity index (χ3v) is 3.15. The molecule has 0 saturated carbocycles. The smallest absolute Gasteiger partial charge is 0.222 e. The van der Waals surface area contributed by atoms with Crippen LogP contribution in [0.15, 0.2) is 5.38 Å². The molecule has 1 N–H and O–H groups in total. The Hall–Kier alpha value is -0.940. The first kappa shape index (κ1) is 13.1. The Kier molecular flexibility index (Phi) is 5.42. The molecule has 0 aliphatic carbocycles. The van der Waals surface area contributed by atoms with Gasteiger partial charge in [0.25, 0.3) is 0 Å². The zero-order valence-electron chi connectivity index (χ0n) is 10.1. The van der Waals surface area contributed by atoms with E-state index in [1.54, 1.807) is 30.3 Å². The van der Waals surface area contributed by atoms with Gasteiger partial charge in [-0.1, -0.05) is 0 Å². The summed E-state index contributed by atoms with van der Waals surface area (Å²) >= 11 is 1.67. The Bertz CT molecular complexity index is 336. The first-order chi connectivity index (χ1) is 7.59. The predicted octanol–water partition coefficient (Wildman–Crippen LogP) is 1.41. The van der Waals surface area contributed by atoms with Gasteiger partial charge in [0.05, 0.1) is 0 Å². The molecule has 1 aromatic rings. The van der Waals surface area contributed by atoms with Gasteiger partial charge in [0.2, 0.25) is 5.91 Å². The third-order valence-electron chi connectivity index (χ3n) is 2.19. The molecule has 1 aromatic heterocycles. The quantitative estimate of drug-likeness (QED) is 0.766. The van der Waals surface area contributed by atoms with Crippen molar-refractivity contribution in [3.63, 3.8) is 0 Å². The van der Waals surface area contributed by atoms with E-state index in [9.17, 15) is 4.79 Å². The van der Waals surface area contributed by atoms with Crippen LogP contribution in [-0.2, 0) is 11.3 Å². The number of nitrogens with one attached hydrogen (secondary N) is 1. The Labute approximate surface area is 101 Å². The number of aryl methyl sites for hydroxylation is 1. The molecule has 0 unspecified atom stereocenters. The van der Waals surface area contributed by atoms with E-state index in [0.717, 1.165) is 30.2 Å². The monoisotopic (exact) mass is 241 g/mol. The van der Waals surface area contributed by atoms with E-state index in [1.807, 2.05) is 12.3 Å². The van der Waals surface area contributed by atoms with Crippen molar-refractivity contribution in [1.29, 1.82) is 0 Å². The Morgan fingerprint density at radius 3 is 2.88 bits per heavy atom. The lowest BCUT2D eigenvalue weighted by atomic mass is 10.3. The van der Waals surface area contributed by atoms with Crippen LogP contribution < -0.4 is 5.32 Å². The van der Waals surface area contributed by atoms with Crippen LogP contribution in [0.5, 0.6) is 0 Å². The minimum atomic E-state index is 0.187. The van der Waals surface area contributed by atoms with Crippen LogP contribution in [0.1, 0.15) is 23.5 Å². The van der Waals surface area contributed by atoms with Crippen LogP contribution in [-0.4, -0.2) is 36.4 Å². The summed E-state index contributed by atoms with van der Waals surface area (Å²) in [6, 6.07) is 0. The summed E-state index contributed by atoms with van der Waals surface area (Å²) in [5.41, 5.74) is 1.07. The third kappa shape index (κ3) is 4.72. The molecule has 1 rings (SSSR count). The summed E-state index contributed by atoms with van der Waals surface area (Å²) < 4.78 is 0. The van der Waals surface area contributed by atoms with Crippen LogP contribution in [0.3, 0.4) is 0 Å². The molecular weight excluding hydrogens is 222 g/mol. The average Bonchev–Trinajstić information content (AvgIpc) is 2.63. The zero-order valence-corrected chi connectivity index (χ0v) is 10.9. The van der Waals surface area contributed by atoms with Gasteiger partial charge in [0, 0.05) is 38.1 Å². The maximum atomic E-state index is 11.3. The Balaban J connectivity index is 2.06. The van der Waals surface area contributed by atoms with Gasteiger partial charge < -0.3 is 10.2 Å². The molecule has 90 valence electrons. The molecule has 16 heavy (non-hydrogen) atoms. The van der Waals surface area contributed by atoms with Gasteiger partial charge in [0.1, 0.15) is 5.01 Å². The Morgan fingerprint density at radius 2 is 2.31 bits per heavy atom. The minimum Gasteiger partial charge on any atom is -0.349 e. The first-order valence-corrected chi connectivity index (χ1v) is 6.29. The summed E-state index contributed by atoms with van der Waals surface area (Å²) in [5.74, 6) is 0.187.